The molecule has 0 atom stereocenters. The lowest BCUT2D eigenvalue weighted by Gasteiger charge is -2.17. The van der Waals surface area contributed by atoms with Gasteiger partial charge in [-0.05, 0) is 38.1 Å². The lowest BCUT2D eigenvalue weighted by atomic mass is 10.1. The molecule has 1 aromatic carbocycles. The Kier molecular flexibility index (Phi) is 7.82. The van der Waals surface area contributed by atoms with Crippen LogP contribution in [0.2, 0.25) is 0 Å². The van der Waals surface area contributed by atoms with Crippen molar-refractivity contribution < 1.29 is 17.9 Å². The van der Waals surface area contributed by atoms with Crippen molar-refractivity contribution in [3.8, 4) is 17.1 Å². The molecule has 0 unspecified atom stereocenters. The average Bonchev–Trinajstić information content (AvgIpc) is 2.93. The van der Waals surface area contributed by atoms with Gasteiger partial charge in [-0.25, -0.2) is 28.4 Å². The topological polar surface area (TPSA) is 148 Å². The number of carbonyl (C=O) groups excluding carboxylic acids is 1. The monoisotopic (exact) mass is 533 g/mol. The van der Waals surface area contributed by atoms with Gasteiger partial charge in [-0.1, -0.05) is 12.1 Å². The molecule has 3 heterocycles. The second kappa shape index (κ2) is 11.2. The second-order valence-electron chi connectivity index (χ2n) is 8.38. The number of methoxy groups -OCH3 is 1. The number of ether oxygens (including phenoxy) is 1. The Bertz CT molecular complexity index is 1540. The van der Waals surface area contributed by atoms with Gasteiger partial charge in [0, 0.05) is 37.9 Å². The molecule has 196 valence electrons. The van der Waals surface area contributed by atoms with E-state index in [0.29, 0.717) is 39.9 Å². The predicted molar refractivity (Wildman–Crippen MR) is 145 cm³/mol. The van der Waals surface area contributed by atoms with E-state index in [2.05, 4.69) is 35.9 Å². The molecule has 38 heavy (non-hydrogen) atoms. The quantitative estimate of drug-likeness (QED) is 0.289. The molecule has 0 aliphatic heterocycles. The lowest BCUT2D eigenvalue weighted by Crippen LogP contribution is -2.19. The summed E-state index contributed by atoms with van der Waals surface area (Å²) in [5.74, 6) is 1.43. The number of pyridine rings is 2. The molecule has 11 nitrogen and oxygen atoms in total. The maximum atomic E-state index is 12.6. The van der Waals surface area contributed by atoms with Gasteiger partial charge in [-0.3, -0.25) is 4.79 Å². The molecule has 0 bridgehead atoms. The third kappa shape index (κ3) is 5.54. The fourth-order valence-corrected chi connectivity index (χ4v) is 4.51. The van der Waals surface area contributed by atoms with Crippen molar-refractivity contribution in [2.45, 2.75) is 24.0 Å². The second-order valence-corrected chi connectivity index (χ2v) is 10.9. The van der Waals surface area contributed by atoms with E-state index in [9.17, 15) is 13.2 Å². The Morgan fingerprint density at radius 2 is 1.66 bits per heavy atom. The van der Waals surface area contributed by atoms with Crippen molar-refractivity contribution in [3.05, 3.63) is 72.8 Å². The summed E-state index contributed by atoms with van der Waals surface area (Å²) in [7, 11) is -0.468. The highest BCUT2D eigenvalue weighted by Gasteiger charge is 2.22. The summed E-state index contributed by atoms with van der Waals surface area (Å²) in [6.45, 7) is 3.20. The summed E-state index contributed by atoms with van der Waals surface area (Å²) in [4.78, 5) is 29.8. The number of nitrogens with zero attached hydrogens (tertiary/aromatic N) is 4. The van der Waals surface area contributed by atoms with E-state index in [1.807, 2.05) is 6.07 Å². The van der Waals surface area contributed by atoms with Crippen LogP contribution < -0.4 is 20.7 Å². The fraction of sp³-hybridized carbons (Fsp3) is 0.192. The van der Waals surface area contributed by atoms with Gasteiger partial charge >= 0.3 is 0 Å². The molecule has 12 heteroatoms. The maximum Gasteiger partial charge on any atom is 0.254 e. The number of benzene rings is 1. The molecule has 4 aromatic rings. The highest BCUT2D eigenvalue weighted by molar-refractivity contribution is 7.92. The van der Waals surface area contributed by atoms with Crippen molar-refractivity contribution in [1.82, 2.24) is 25.3 Å². The smallest absolute Gasteiger partial charge is 0.254 e. The zero-order chi connectivity index (χ0) is 27.3. The standard InChI is InChI=1S/C26H27N7O4S/c1-16(2)38(35,36)17-13-30-25(31-14-17)18-8-7-9-20(24(18)37-4)32-21-12-23(29-15-19(21)26(34)27-3)33-22-10-5-6-11-28-22/h5-16H,1-4H3,(H,27,34)(H2,28,29,32,33). The number of anilines is 4. The molecular formula is C26H27N7O4S. The molecule has 0 spiro atoms. The third-order valence-corrected chi connectivity index (χ3v) is 7.71. The predicted octanol–water partition coefficient (Wildman–Crippen LogP) is 3.97. The van der Waals surface area contributed by atoms with E-state index in [0.717, 1.165) is 0 Å². The van der Waals surface area contributed by atoms with Crippen LogP contribution in [0.25, 0.3) is 11.4 Å². The molecule has 0 aliphatic carbocycles. The van der Waals surface area contributed by atoms with Gasteiger partial charge in [-0.2, -0.15) is 0 Å². The van der Waals surface area contributed by atoms with Gasteiger partial charge in [-0.15, -0.1) is 0 Å². The van der Waals surface area contributed by atoms with Crippen LogP contribution in [0.1, 0.15) is 24.2 Å². The van der Waals surface area contributed by atoms with E-state index in [1.54, 1.807) is 56.4 Å². The molecule has 3 N–H and O–H groups in total. The van der Waals surface area contributed by atoms with Crippen LogP contribution in [0.3, 0.4) is 0 Å². The summed E-state index contributed by atoms with van der Waals surface area (Å²) in [5, 5.41) is 8.39. The van der Waals surface area contributed by atoms with Crippen LogP contribution in [0, 0.1) is 0 Å². The van der Waals surface area contributed by atoms with E-state index in [4.69, 9.17) is 4.74 Å². The SMILES string of the molecule is CNC(=O)c1cnc(Nc2ccccn2)cc1Nc1cccc(-c2ncc(S(=O)(=O)C(C)C)cn2)c1OC. The first-order valence-electron chi connectivity index (χ1n) is 11.6. The van der Waals surface area contributed by atoms with E-state index in [-0.39, 0.29) is 16.6 Å². The van der Waals surface area contributed by atoms with Crippen LogP contribution in [-0.4, -0.2) is 53.7 Å². The van der Waals surface area contributed by atoms with Crippen LogP contribution in [-0.2, 0) is 9.84 Å². The minimum Gasteiger partial charge on any atom is -0.494 e. The summed E-state index contributed by atoms with van der Waals surface area (Å²) in [5.41, 5.74) is 1.85. The molecule has 0 radical (unpaired) electrons. The zero-order valence-electron chi connectivity index (χ0n) is 21.3. The average molecular weight is 534 g/mol. The third-order valence-electron chi connectivity index (χ3n) is 5.60. The molecule has 4 rings (SSSR count). The van der Waals surface area contributed by atoms with Crippen LogP contribution in [0.5, 0.6) is 5.75 Å². The van der Waals surface area contributed by atoms with Crippen LogP contribution >= 0.6 is 0 Å². The largest absolute Gasteiger partial charge is 0.494 e. The molecule has 0 aliphatic rings. The Morgan fingerprint density at radius 3 is 2.29 bits per heavy atom. The van der Waals surface area contributed by atoms with Crippen LogP contribution in [0.15, 0.2) is 72.1 Å². The minimum absolute atomic E-state index is 0.0458. The van der Waals surface area contributed by atoms with Crippen molar-refractivity contribution >= 4 is 38.8 Å². The molecule has 0 fully saturated rings. The Morgan fingerprint density at radius 1 is 0.895 bits per heavy atom. The Labute approximate surface area is 220 Å². The van der Waals surface area contributed by atoms with Gasteiger partial charge in [0.05, 0.1) is 34.9 Å². The summed E-state index contributed by atoms with van der Waals surface area (Å²) in [6, 6.07) is 12.4. The number of carbonyl (C=O) groups is 1. The van der Waals surface area contributed by atoms with E-state index >= 15 is 0 Å². The lowest BCUT2D eigenvalue weighted by molar-refractivity contribution is 0.0963. The van der Waals surface area contributed by atoms with Crippen molar-refractivity contribution in [1.29, 1.82) is 0 Å². The number of rotatable bonds is 9. The van der Waals surface area contributed by atoms with Crippen LogP contribution in [0.4, 0.5) is 23.0 Å². The Hall–Kier alpha value is -4.58. The van der Waals surface area contributed by atoms with Gasteiger partial charge in [0.2, 0.25) is 0 Å². The Balaban J connectivity index is 1.72. The van der Waals surface area contributed by atoms with Crippen molar-refractivity contribution in [3.63, 3.8) is 0 Å². The number of hydrogen-bond donors (Lipinski definition) is 3. The first-order valence-corrected chi connectivity index (χ1v) is 13.2. The molecule has 1 amide bonds. The summed E-state index contributed by atoms with van der Waals surface area (Å²) in [6.07, 6.45) is 5.70. The number of aromatic nitrogens is 4. The van der Waals surface area contributed by atoms with Crippen molar-refractivity contribution in [2.75, 3.05) is 24.8 Å². The maximum absolute atomic E-state index is 12.6. The molecule has 0 saturated heterocycles. The first-order chi connectivity index (χ1) is 18.2. The van der Waals surface area contributed by atoms with E-state index < -0.39 is 15.1 Å². The highest BCUT2D eigenvalue weighted by Crippen LogP contribution is 2.37. The van der Waals surface area contributed by atoms with Gasteiger partial charge in [0.25, 0.3) is 5.91 Å². The van der Waals surface area contributed by atoms with Gasteiger partial charge in [0.15, 0.2) is 21.4 Å². The fourth-order valence-electron chi connectivity index (χ4n) is 3.56. The number of amides is 1. The van der Waals surface area contributed by atoms with Gasteiger partial charge < -0.3 is 20.7 Å². The molecule has 0 saturated carbocycles. The summed E-state index contributed by atoms with van der Waals surface area (Å²) >= 11 is 0. The molecular weight excluding hydrogens is 506 g/mol. The van der Waals surface area contributed by atoms with Gasteiger partial charge in [0.1, 0.15) is 16.5 Å². The number of para-hydroxylation sites is 1. The highest BCUT2D eigenvalue weighted by atomic mass is 32.2. The van der Waals surface area contributed by atoms with Crippen molar-refractivity contribution in [2.24, 2.45) is 0 Å². The number of hydrogen-bond acceptors (Lipinski definition) is 10. The van der Waals surface area contributed by atoms with E-state index in [1.165, 1.54) is 32.7 Å². The zero-order valence-corrected chi connectivity index (χ0v) is 22.1. The normalized spacial score (nSPS) is 11.2. The minimum atomic E-state index is -3.51. The number of sulfone groups is 1. The molecule has 3 aromatic heterocycles. The summed E-state index contributed by atoms with van der Waals surface area (Å²) < 4.78 is 30.6. The number of nitrogens with one attached hydrogen (secondary N) is 3. The first kappa shape index (κ1) is 26.5.